The molecule has 128 valence electrons. The summed E-state index contributed by atoms with van der Waals surface area (Å²) in [6.45, 7) is 8.98. The summed E-state index contributed by atoms with van der Waals surface area (Å²) in [5.74, 6) is 0.275. The van der Waals surface area contributed by atoms with Gasteiger partial charge in [0, 0.05) is 25.0 Å². The molecule has 2 aliphatic rings. The van der Waals surface area contributed by atoms with Gasteiger partial charge in [0.1, 0.15) is 11.1 Å². The number of nitrogens with zero attached hydrogens (tertiary/aromatic N) is 1. The van der Waals surface area contributed by atoms with Crippen LogP contribution >= 0.6 is 0 Å². The Morgan fingerprint density at radius 3 is 2.36 bits per heavy atom. The number of ether oxygens (including phenoxy) is 1. The molecule has 0 bridgehead atoms. The third kappa shape index (κ3) is 3.50. The van der Waals surface area contributed by atoms with E-state index in [1.807, 2.05) is 0 Å². The minimum Gasteiger partial charge on any atom is -0.444 e. The van der Waals surface area contributed by atoms with Crippen LogP contribution in [0.4, 0.5) is 18.0 Å². The van der Waals surface area contributed by atoms with Gasteiger partial charge in [-0.2, -0.15) is 13.2 Å². The molecule has 1 aliphatic heterocycles. The number of hydrogen-bond donors (Lipinski definition) is 1. The summed E-state index contributed by atoms with van der Waals surface area (Å²) in [5.41, 5.74) is -2.71. The van der Waals surface area contributed by atoms with Crippen LogP contribution in [0.1, 0.15) is 41.0 Å². The molecule has 1 amide bonds. The lowest BCUT2D eigenvalue weighted by molar-refractivity contribution is -0.186. The van der Waals surface area contributed by atoms with Crippen LogP contribution in [0.5, 0.6) is 0 Å². The second kappa shape index (κ2) is 5.01. The summed E-state index contributed by atoms with van der Waals surface area (Å²) in [4.78, 5) is 13.6. The standard InChI is InChI=1S/C15H25F3N2O2/c1-12(2,3)22-11(21)20-7-10-6-14(10,9-20)8-19-13(4,5)15(16,17)18/h10,19H,6-9H2,1-5H3. The summed E-state index contributed by atoms with van der Waals surface area (Å²) in [6.07, 6.45) is -3.81. The lowest BCUT2D eigenvalue weighted by Gasteiger charge is -2.31. The smallest absolute Gasteiger partial charge is 0.410 e. The summed E-state index contributed by atoms with van der Waals surface area (Å²) < 4.78 is 44.0. The summed E-state index contributed by atoms with van der Waals surface area (Å²) in [6, 6.07) is 0. The quantitative estimate of drug-likeness (QED) is 0.868. The van der Waals surface area contributed by atoms with Crippen molar-refractivity contribution < 1.29 is 22.7 Å². The van der Waals surface area contributed by atoms with Crippen LogP contribution in [0.2, 0.25) is 0 Å². The highest BCUT2D eigenvalue weighted by molar-refractivity contribution is 5.69. The SMILES string of the molecule is CC(C)(C)OC(=O)N1CC2CC2(CNC(C)(C)C(F)(F)F)C1. The molecule has 2 rings (SSSR count). The van der Waals surface area contributed by atoms with Crippen molar-refractivity contribution in [2.24, 2.45) is 11.3 Å². The van der Waals surface area contributed by atoms with Gasteiger partial charge in [0.2, 0.25) is 0 Å². The molecule has 7 heteroatoms. The average Bonchev–Trinajstić information content (AvgIpc) is 2.85. The van der Waals surface area contributed by atoms with E-state index in [9.17, 15) is 18.0 Å². The fourth-order valence-corrected chi connectivity index (χ4v) is 2.83. The molecule has 0 spiro atoms. The highest BCUT2D eigenvalue weighted by Crippen LogP contribution is 2.57. The van der Waals surface area contributed by atoms with E-state index in [1.165, 1.54) is 0 Å². The molecule has 1 aliphatic carbocycles. The van der Waals surface area contributed by atoms with E-state index in [4.69, 9.17) is 4.74 Å². The fraction of sp³-hybridized carbons (Fsp3) is 0.933. The Morgan fingerprint density at radius 1 is 1.27 bits per heavy atom. The molecule has 0 aromatic rings. The number of likely N-dealkylation sites (tertiary alicyclic amines) is 1. The van der Waals surface area contributed by atoms with Crippen LogP contribution in [0, 0.1) is 11.3 Å². The van der Waals surface area contributed by atoms with Gasteiger partial charge < -0.3 is 15.0 Å². The van der Waals surface area contributed by atoms with Crippen LogP contribution in [0.15, 0.2) is 0 Å². The molecule has 2 atom stereocenters. The van der Waals surface area contributed by atoms with Crippen LogP contribution in [-0.4, -0.2) is 47.9 Å². The van der Waals surface area contributed by atoms with Gasteiger partial charge in [0.05, 0.1) is 0 Å². The number of rotatable bonds is 3. The number of nitrogens with one attached hydrogen (secondary N) is 1. The van der Waals surface area contributed by atoms with E-state index in [-0.39, 0.29) is 24.0 Å². The second-order valence-corrected chi connectivity index (χ2v) is 8.10. The Kier molecular flexibility index (Phi) is 3.96. The number of hydrogen-bond acceptors (Lipinski definition) is 3. The van der Waals surface area contributed by atoms with E-state index in [0.717, 1.165) is 20.3 Å². The zero-order valence-electron chi connectivity index (χ0n) is 13.8. The fourth-order valence-electron chi connectivity index (χ4n) is 2.83. The average molecular weight is 322 g/mol. The summed E-state index contributed by atoms with van der Waals surface area (Å²) in [5, 5.41) is 2.63. The first-order valence-electron chi connectivity index (χ1n) is 7.55. The van der Waals surface area contributed by atoms with Gasteiger partial charge in [-0.25, -0.2) is 4.79 Å². The van der Waals surface area contributed by atoms with Crippen molar-refractivity contribution in [1.29, 1.82) is 0 Å². The van der Waals surface area contributed by atoms with Gasteiger partial charge in [-0.3, -0.25) is 0 Å². The van der Waals surface area contributed by atoms with Gasteiger partial charge in [0.15, 0.2) is 0 Å². The Bertz CT molecular complexity index is 457. The molecule has 2 fully saturated rings. The molecule has 0 aromatic carbocycles. The monoisotopic (exact) mass is 322 g/mol. The number of fused-ring (bicyclic) bond motifs is 1. The van der Waals surface area contributed by atoms with Crippen LogP contribution < -0.4 is 5.32 Å². The largest absolute Gasteiger partial charge is 0.444 e. The molecule has 22 heavy (non-hydrogen) atoms. The Morgan fingerprint density at radius 2 is 1.86 bits per heavy atom. The van der Waals surface area contributed by atoms with Crippen LogP contribution in [0.3, 0.4) is 0 Å². The van der Waals surface area contributed by atoms with Gasteiger partial charge in [-0.1, -0.05) is 0 Å². The minimum atomic E-state index is -4.29. The maximum absolute atomic E-state index is 12.9. The molecular weight excluding hydrogens is 297 g/mol. The topological polar surface area (TPSA) is 41.6 Å². The van der Waals surface area contributed by atoms with E-state index in [0.29, 0.717) is 13.1 Å². The van der Waals surface area contributed by atoms with Crippen molar-refractivity contribution in [3.63, 3.8) is 0 Å². The number of halogens is 3. The summed E-state index contributed by atoms with van der Waals surface area (Å²) in [7, 11) is 0. The predicted molar refractivity (Wildman–Crippen MR) is 76.5 cm³/mol. The highest BCUT2D eigenvalue weighted by atomic mass is 19.4. The number of carbonyl (C=O) groups is 1. The number of amides is 1. The number of alkyl halides is 3. The lowest BCUT2D eigenvalue weighted by Crippen LogP contribution is -2.54. The number of piperidine rings is 1. The normalized spacial score (nSPS) is 28.5. The van der Waals surface area contributed by atoms with E-state index < -0.39 is 17.3 Å². The summed E-state index contributed by atoms with van der Waals surface area (Å²) >= 11 is 0. The Balaban J connectivity index is 1.90. The van der Waals surface area contributed by atoms with Crippen molar-refractivity contribution in [2.45, 2.75) is 58.4 Å². The van der Waals surface area contributed by atoms with Crippen molar-refractivity contribution >= 4 is 6.09 Å². The van der Waals surface area contributed by atoms with Gasteiger partial charge >= 0.3 is 12.3 Å². The number of carbonyl (C=O) groups excluding carboxylic acids is 1. The molecule has 1 saturated carbocycles. The Labute approximate surface area is 129 Å². The van der Waals surface area contributed by atoms with E-state index in [1.54, 1.807) is 25.7 Å². The van der Waals surface area contributed by atoms with Gasteiger partial charge in [0.25, 0.3) is 0 Å². The van der Waals surface area contributed by atoms with E-state index >= 15 is 0 Å². The van der Waals surface area contributed by atoms with Gasteiger partial charge in [-0.15, -0.1) is 0 Å². The first-order chi connectivity index (χ1) is 9.76. The first-order valence-corrected chi connectivity index (χ1v) is 7.55. The van der Waals surface area contributed by atoms with E-state index in [2.05, 4.69) is 5.32 Å². The molecule has 1 heterocycles. The molecule has 1 saturated heterocycles. The molecule has 2 unspecified atom stereocenters. The molecule has 4 nitrogen and oxygen atoms in total. The first kappa shape index (κ1) is 17.4. The van der Waals surface area contributed by atoms with Crippen LogP contribution in [-0.2, 0) is 4.74 Å². The van der Waals surface area contributed by atoms with Crippen LogP contribution in [0.25, 0.3) is 0 Å². The zero-order chi connectivity index (χ0) is 17.0. The maximum atomic E-state index is 12.9. The lowest BCUT2D eigenvalue weighted by atomic mass is 10.0. The third-order valence-corrected chi connectivity index (χ3v) is 4.55. The zero-order valence-corrected chi connectivity index (χ0v) is 13.8. The molecule has 0 aromatic heterocycles. The third-order valence-electron chi connectivity index (χ3n) is 4.55. The molecular formula is C15H25F3N2O2. The molecule has 0 radical (unpaired) electrons. The van der Waals surface area contributed by atoms with Crippen molar-refractivity contribution in [2.75, 3.05) is 19.6 Å². The highest BCUT2D eigenvalue weighted by Gasteiger charge is 2.62. The Hall–Kier alpha value is -0.980. The van der Waals surface area contributed by atoms with Gasteiger partial charge in [-0.05, 0) is 47.0 Å². The molecule has 1 N–H and O–H groups in total. The maximum Gasteiger partial charge on any atom is 0.410 e. The second-order valence-electron chi connectivity index (χ2n) is 8.10. The van der Waals surface area contributed by atoms with Crippen molar-refractivity contribution in [3.8, 4) is 0 Å². The van der Waals surface area contributed by atoms with Crippen molar-refractivity contribution in [3.05, 3.63) is 0 Å². The van der Waals surface area contributed by atoms with Crippen molar-refractivity contribution in [1.82, 2.24) is 10.2 Å². The predicted octanol–water partition coefficient (Wildman–Crippen LogP) is 3.17. The minimum absolute atomic E-state index is 0.223.